The van der Waals surface area contributed by atoms with E-state index in [2.05, 4.69) is 46.4 Å². The number of pyridine rings is 1. The third-order valence-corrected chi connectivity index (χ3v) is 7.12. The van der Waals surface area contributed by atoms with E-state index < -0.39 is 0 Å². The second kappa shape index (κ2) is 8.70. The molecule has 7 nitrogen and oxygen atoms in total. The Balaban J connectivity index is 1.33. The van der Waals surface area contributed by atoms with Gasteiger partial charge in [0.2, 0.25) is 5.91 Å². The summed E-state index contributed by atoms with van der Waals surface area (Å²) in [6, 6.07) is 12.2. The number of aryl methyl sites for hydroxylation is 2. The van der Waals surface area contributed by atoms with E-state index in [1.807, 2.05) is 23.7 Å². The van der Waals surface area contributed by atoms with Gasteiger partial charge >= 0.3 is 0 Å². The molecule has 32 heavy (non-hydrogen) atoms. The van der Waals surface area contributed by atoms with Crippen molar-refractivity contribution < 1.29 is 4.79 Å². The van der Waals surface area contributed by atoms with Crippen molar-refractivity contribution in [3.8, 4) is 5.69 Å². The summed E-state index contributed by atoms with van der Waals surface area (Å²) >= 11 is 1.66. The Bertz CT molecular complexity index is 1230. The predicted molar refractivity (Wildman–Crippen MR) is 127 cm³/mol. The van der Waals surface area contributed by atoms with Crippen LogP contribution >= 0.6 is 11.3 Å². The molecule has 1 saturated heterocycles. The van der Waals surface area contributed by atoms with Gasteiger partial charge in [-0.25, -0.2) is 4.68 Å². The van der Waals surface area contributed by atoms with E-state index in [9.17, 15) is 4.79 Å². The highest BCUT2D eigenvalue weighted by Crippen LogP contribution is 2.34. The first kappa shape index (κ1) is 20.6. The maximum absolute atomic E-state index is 12.8. The molecule has 5 rings (SSSR count). The van der Waals surface area contributed by atoms with Crippen molar-refractivity contribution in [1.82, 2.24) is 25.1 Å². The molecule has 1 fully saturated rings. The number of fused-ring (bicyclic) bond motifs is 1. The Kier molecular flexibility index (Phi) is 5.61. The van der Waals surface area contributed by atoms with E-state index >= 15 is 0 Å². The molecule has 8 heteroatoms. The molecule has 0 bridgehead atoms. The van der Waals surface area contributed by atoms with Crippen molar-refractivity contribution >= 4 is 32.7 Å². The minimum Gasteiger partial charge on any atom is -0.352 e. The zero-order valence-electron chi connectivity index (χ0n) is 18.3. The predicted octanol–water partition coefficient (Wildman–Crippen LogP) is 4.03. The van der Waals surface area contributed by atoms with Gasteiger partial charge in [0.25, 0.3) is 0 Å². The van der Waals surface area contributed by atoms with Crippen molar-refractivity contribution in [1.29, 1.82) is 0 Å². The van der Waals surface area contributed by atoms with Gasteiger partial charge in [-0.2, -0.15) is 10.1 Å². The molecule has 0 spiro atoms. The Hall–Kier alpha value is -3.26. The van der Waals surface area contributed by atoms with Crippen molar-refractivity contribution in [3.05, 3.63) is 65.6 Å². The number of nitrogens with one attached hydrogen (secondary N) is 1. The number of nitrogens with zero attached hydrogens (tertiary/aromatic N) is 5. The van der Waals surface area contributed by atoms with Gasteiger partial charge in [-0.05, 0) is 50.5 Å². The zero-order valence-corrected chi connectivity index (χ0v) is 19.1. The number of hydrogen-bond acceptors (Lipinski definition) is 6. The lowest BCUT2D eigenvalue weighted by Gasteiger charge is -2.31. The molecule has 0 aliphatic carbocycles. The van der Waals surface area contributed by atoms with Crippen LogP contribution in [0.25, 0.3) is 16.0 Å². The van der Waals surface area contributed by atoms with Gasteiger partial charge < -0.3 is 10.2 Å². The number of thiazole rings is 1. The van der Waals surface area contributed by atoms with E-state index in [0.717, 1.165) is 51.8 Å². The van der Waals surface area contributed by atoms with Gasteiger partial charge in [-0.3, -0.25) is 9.78 Å². The topological polar surface area (TPSA) is 75.9 Å². The number of piperidine rings is 1. The molecular formula is C24H26N6OS. The first-order chi connectivity index (χ1) is 15.6. The Morgan fingerprint density at radius 2 is 2.06 bits per heavy atom. The van der Waals surface area contributed by atoms with Crippen LogP contribution in [0.15, 0.2) is 48.8 Å². The Morgan fingerprint density at radius 1 is 1.22 bits per heavy atom. The van der Waals surface area contributed by atoms with Crippen molar-refractivity contribution in [2.45, 2.75) is 33.2 Å². The van der Waals surface area contributed by atoms with E-state index in [1.165, 1.54) is 5.56 Å². The summed E-state index contributed by atoms with van der Waals surface area (Å²) in [6.07, 6.45) is 5.40. The molecule has 4 heterocycles. The SMILES string of the molecule is Cc1ccc(-n2nc(C)c3sc(N4CCC[C@H](C(=O)NCc5cccnc5)C4)nc32)cc1. The standard InChI is InChI=1S/C24H26N6OS/c1-16-7-9-20(10-8-16)30-22-21(17(2)28-30)32-24(27-22)29-12-4-6-19(15-29)23(31)26-14-18-5-3-11-25-13-18/h3,5,7-11,13,19H,4,6,12,14-15H2,1-2H3,(H,26,31)/t19-/m0/s1. The van der Waals surface area contributed by atoms with Gasteiger partial charge in [-0.1, -0.05) is 35.1 Å². The molecule has 1 aliphatic heterocycles. The summed E-state index contributed by atoms with van der Waals surface area (Å²) in [5, 5.41) is 8.74. The largest absolute Gasteiger partial charge is 0.352 e. The van der Waals surface area contributed by atoms with E-state index in [4.69, 9.17) is 10.1 Å². The highest BCUT2D eigenvalue weighted by molar-refractivity contribution is 7.22. The number of benzene rings is 1. The lowest BCUT2D eigenvalue weighted by atomic mass is 9.97. The summed E-state index contributed by atoms with van der Waals surface area (Å²) in [5.74, 6) is 0.0591. The summed E-state index contributed by atoms with van der Waals surface area (Å²) in [7, 11) is 0. The number of carbonyl (C=O) groups excluding carboxylic acids is 1. The van der Waals surface area contributed by atoms with Crippen molar-refractivity contribution in [2.24, 2.45) is 5.92 Å². The van der Waals surface area contributed by atoms with Crippen LogP contribution in [0, 0.1) is 19.8 Å². The monoisotopic (exact) mass is 446 g/mol. The molecule has 0 unspecified atom stereocenters. The normalized spacial score (nSPS) is 16.4. The van der Waals surface area contributed by atoms with Crippen LogP contribution in [0.3, 0.4) is 0 Å². The molecule has 1 aromatic carbocycles. The minimum absolute atomic E-state index is 0.0397. The van der Waals surface area contributed by atoms with Crippen LogP contribution in [-0.2, 0) is 11.3 Å². The first-order valence-corrected chi connectivity index (χ1v) is 11.7. The van der Waals surface area contributed by atoms with Crippen LogP contribution in [-0.4, -0.2) is 38.7 Å². The van der Waals surface area contributed by atoms with Crippen LogP contribution in [0.4, 0.5) is 5.13 Å². The summed E-state index contributed by atoms with van der Waals surface area (Å²) in [4.78, 5) is 24.1. The fraction of sp³-hybridized carbons (Fsp3) is 0.333. The first-order valence-electron chi connectivity index (χ1n) is 10.9. The van der Waals surface area contributed by atoms with Gasteiger partial charge in [0.15, 0.2) is 10.8 Å². The van der Waals surface area contributed by atoms with Crippen LogP contribution < -0.4 is 10.2 Å². The number of rotatable bonds is 5. The highest BCUT2D eigenvalue weighted by atomic mass is 32.1. The fourth-order valence-corrected chi connectivity index (χ4v) is 5.15. The van der Waals surface area contributed by atoms with Gasteiger partial charge in [0, 0.05) is 32.0 Å². The quantitative estimate of drug-likeness (QED) is 0.501. The smallest absolute Gasteiger partial charge is 0.225 e. The number of anilines is 1. The van der Waals surface area contributed by atoms with Gasteiger partial charge in [-0.15, -0.1) is 0 Å². The molecule has 3 aromatic heterocycles. The van der Waals surface area contributed by atoms with E-state index in [1.54, 1.807) is 23.7 Å². The number of amides is 1. The molecule has 0 saturated carbocycles. The average Bonchev–Trinajstić information content (AvgIpc) is 3.39. The average molecular weight is 447 g/mol. The molecule has 4 aromatic rings. The fourth-order valence-electron chi connectivity index (χ4n) is 4.13. The van der Waals surface area contributed by atoms with Crippen molar-refractivity contribution in [2.75, 3.05) is 18.0 Å². The van der Waals surface area contributed by atoms with Crippen LogP contribution in [0.1, 0.15) is 29.7 Å². The summed E-state index contributed by atoms with van der Waals surface area (Å²) in [5.41, 5.74) is 5.10. The van der Waals surface area contributed by atoms with Crippen molar-refractivity contribution in [3.63, 3.8) is 0 Å². The second-order valence-corrected chi connectivity index (χ2v) is 9.32. The Morgan fingerprint density at radius 3 is 2.84 bits per heavy atom. The molecule has 1 atom stereocenters. The number of aromatic nitrogens is 4. The molecule has 164 valence electrons. The summed E-state index contributed by atoms with van der Waals surface area (Å²) in [6.45, 7) is 6.22. The van der Waals surface area contributed by atoms with E-state index in [0.29, 0.717) is 13.1 Å². The van der Waals surface area contributed by atoms with Gasteiger partial charge in [0.05, 0.1) is 22.0 Å². The Labute approximate surface area is 191 Å². The lowest BCUT2D eigenvalue weighted by Crippen LogP contribution is -2.43. The van der Waals surface area contributed by atoms with E-state index in [-0.39, 0.29) is 11.8 Å². The third-order valence-electron chi connectivity index (χ3n) is 5.91. The van der Waals surface area contributed by atoms with Crippen LogP contribution in [0.2, 0.25) is 0 Å². The summed E-state index contributed by atoms with van der Waals surface area (Å²) < 4.78 is 3.02. The molecule has 1 aliphatic rings. The number of carbonyl (C=O) groups is 1. The highest BCUT2D eigenvalue weighted by Gasteiger charge is 2.28. The van der Waals surface area contributed by atoms with Crippen LogP contribution in [0.5, 0.6) is 0 Å². The maximum Gasteiger partial charge on any atom is 0.225 e. The number of hydrogen-bond donors (Lipinski definition) is 1. The molecule has 0 radical (unpaired) electrons. The maximum atomic E-state index is 12.8. The second-order valence-electron chi connectivity index (χ2n) is 8.35. The zero-order chi connectivity index (χ0) is 22.1. The van der Waals surface area contributed by atoms with Gasteiger partial charge in [0.1, 0.15) is 0 Å². The molecule has 1 N–H and O–H groups in total. The molecular weight excluding hydrogens is 420 g/mol. The third kappa shape index (κ3) is 4.10. The lowest BCUT2D eigenvalue weighted by molar-refractivity contribution is -0.125. The molecule has 1 amide bonds. The minimum atomic E-state index is -0.0397.